The molecule has 0 aromatic carbocycles. The fourth-order valence-corrected chi connectivity index (χ4v) is 2.75. The predicted molar refractivity (Wildman–Crippen MR) is 61.8 cm³/mol. The minimum atomic E-state index is -0.560. The molecule has 2 nitrogen and oxygen atoms in total. The van der Waals surface area contributed by atoms with E-state index in [1.54, 1.807) is 0 Å². The van der Waals surface area contributed by atoms with E-state index in [9.17, 15) is 9.90 Å². The van der Waals surface area contributed by atoms with Crippen LogP contribution in [-0.2, 0) is 4.79 Å². The van der Waals surface area contributed by atoms with Crippen molar-refractivity contribution in [1.29, 1.82) is 0 Å². The largest absolute Gasteiger partial charge is 0.481 e. The van der Waals surface area contributed by atoms with Gasteiger partial charge in [0.25, 0.3) is 0 Å². The second-order valence-electron chi connectivity index (χ2n) is 5.72. The molecule has 0 spiro atoms. The van der Waals surface area contributed by atoms with Crippen molar-refractivity contribution in [3.63, 3.8) is 0 Å². The van der Waals surface area contributed by atoms with E-state index < -0.39 is 11.4 Å². The van der Waals surface area contributed by atoms with Gasteiger partial charge in [0.05, 0.1) is 5.41 Å². The highest BCUT2D eigenvalue weighted by Gasteiger charge is 2.41. The van der Waals surface area contributed by atoms with E-state index >= 15 is 0 Å². The van der Waals surface area contributed by atoms with Crippen molar-refractivity contribution < 1.29 is 9.90 Å². The average molecular weight is 212 g/mol. The summed E-state index contributed by atoms with van der Waals surface area (Å²) < 4.78 is 0. The van der Waals surface area contributed by atoms with E-state index in [-0.39, 0.29) is 0 Å². The lowest BCUT2D eigenvalue weighted by Crippen LogP contribution is -2.36. The van der Waals surface area contributed by atoms with Crippen LogP contribution in [0.5, 0.6) is 0 Å². The molecule has 1 aliphatic carbocycles. The highest BCUT2D eigenvalue weighted by Crippen LogP contribution is 2.43. The van der Waals surface area contributed by atoms with Gasteiger partial charge in [0.2, 0.25) is 0 Å². The molecule has 0 saturated heterocycles. The molecule has 2 unspecified atom stereocenters. The third-order valence-electron chi connectivity index (χ3n) is 3.75. The lowest BCUT2D eigenvalue weighted by atomic mass is 9.67. The Balaban J connectivity index is 2.65. The molecule has 0 aromatic heterocycles. The Labute approximate surface area is 93.1 Å². The zero-order valence-corrected chi connectivity index (χ0v) is 10.3. The normalized spacial score (nSPS) is 31.9. The van der Waals surface area contributed by atoms with Crippen molar-refractivity contribution in [2.75, 3.05) is 0 Å². The molecule has 0 aliphatic heterocycles. The number of hydrogen-bond donors (Lipinski definition) is 1. The van der Waals surface area contributed by atoms with Gasteiger partial charge in [0, 0.05) is 0 Å². The predicted octanol–water partition coefficient (Wildman–Crippen LogP) is 3.70. The summed E-state index contributed by atoms with van der Waals surface area (Å²) in [4.78, 5) is 11.4. The maximum Gasteiger partial charge on any atom is 0.309 e. The Morgan fingerprint density at radius 3 is 2.67 bits per heavy atom. The van der Waals surface area contributed by atoms with Crippen LogP contribution in [0.15, 0.2) is 0 Å². The molecule has 1 N–H and O–H groups in total. The first-order chi connectivity index (χ1) is 6.96. The van der Waals surface area contributed by atoms with Crippen LogP contribution in [0.25, 0.3) is 0 Å². The van der Waals surface area contributed by atoms with E-state index in [0.29, 0.717) is 11.8 Å². The Morgan fingerprint density at radius 2 is 2.20 bits per heavy atom. The van der Waals surface area contributed by atoms with Crippen LogP contribution < -0.4 is 0 Å². The minimum Gasteiger partial charge on any atom is -0.481 e. The standard InChI is InChI=1S/C13H24O2/c1-10(2)6-8-13(12(14)15)7-4-5-11(3)9-13/h10-11H,4-9H2,1-3H3,(H,14,15). The number of hydrogen-bond acceptors (Lipinski definition) is 1. The van der Waals surface area contributed by atoms with Crippen molar-refractivity contribution in [3.8, 4) is 0 Å². The highest BCUT2D eigenvalue weighted by molar-refractivity contribution is 5.74. The van der Waals surface area contributed by atoms with Gasteiger partial charge in [0.1, 0.15) is 0 Å². The third-order valence-corrected chi connectivity index (χ3v) is 3.75. The summed E-state index contributed by atoms with van der Waals surface area (Å²) in [6, 6.07) is 0. The van der Waals surface area contributed by atoms with Crippen LogP contribution in [0.2, 0.25) is 0 Å². The molecule has 0 aromatic rings. The van der Waals surface area contributed by atoms with Gasteiger partial charge in [-0.15, -0.1) is 0 Å². The molecular weight excluding hydrogens is 188 g/mol. The zero-order chi connectivity index (χ0) is 11.5. The summed E-state index contributed by atoms with van der Waals surface area (Å²) in [6.45, 7) is 6.52. The summed E-state index contributed by atoms with van der Waals surface area (Å²) in [5.74, 6) is 0.634. The highest BCUT2D eigenvalue weighted by atomic mass is 16.4. The van der Waals surface area contributed by atoms with Crippen molar-refractivity contribution in [2.24, 2.45) is 17.3 Å². The Morgan fingerprint density at radius 1 is 1.53 bits per heavy atom. The van der Waals surface area contributed by atoms with Gasteiger partial charge in [0.15, 0.2) is 0 Å². The van der Waals surface area contributed by atoms with E-state index in [1.807, 2.05) is 0 Å². The maximum absolute atomic E-state index is 11.4. The monoisotopic (exact) mass is 212 g/mol. The maximum atomic E-state index is 11.4. The molecule has 1 aliphatic rings. The van der Waals surface area contributed by atoms with Gasteiger partial charge in [-0.3, -0.25) is 4.79 Å². The molecular formula is C13H24O2. The smallest absolute Gasteiger partial charge is 0.309 e. The molecule has 2 atom stereocenters. The number of carbonyl (C=O) groups is 1. The zero-order valence-electron chi connectivity index (χ0n) is 10.3. The molecule has 0 heterocycles. The quantitative estimate of drug-likeness (QED) is 0.771. The molecule has 2 heteroatoms. The molecule has 1 rings (SSSR count). The SMILES string of the molecule is CC(C)CCC1(C(=O)O)CCCC(C)C1. The summed E-state index contributed by atoms with van der Waals surface area (Å²) in [5, 5.41) is 9.42. The lowest BCUT2D eigenvalue weighted by Gasteiger charge is -2.37. The fraction of sp³-hybridized carbons (Fsp3) is 0.923. The second-order valence-corrected chi connectivity index (χ2v) is 5.72. The van der Waals surface area contributed by atoms with Crippen LogP contribution in [-0.4, -0.2) is 11.1 Å². The van der Waals surface area contributed by atoms with Gasteiger partial charge in [-0.2, -0.15) is 0 Å². The van der Waals surface area contributed by atoms with Gasteiger partial charge in [-0.1, -0.05) is 33.6 Å². The summed E-state index contributed by atoms with van der Waals surface area (Å²) in [5.41, 5.74) is -0.401. The van der Waals surface area contributed by atoms with Gasteiger partial charge >= 0.3 is 5.97 Å². The number of rotatable bonds is 4. The second kappa shape index (κ2) is 5.00. The van der Waals surface area contributed by atoms with Crippen LogP contribution in [0.4, 0.5) is 0 Å². The van der Waals surface area contributed by atoms with Crippen LogP contribution >= 0.6 is 0 Å². The molecule has 0 bridgehead atoms. The first kappa shape index (κ1) is 12.5. The Hall–Kier alpha value is -0.530. The molecule has 15 heavy (non-hydrogen) atoms. The molecule has 0 amide bonds. The van der Waals surface area contributed by atoms with Crippen molar-refractivity contribution in [3.05, 3.63) is 0 Å². The summed E-state index contributed by atoms with van der Waals surface area (Å²) >= 11 is 0. The van der Waals surface area contributed by atoms with Gasteiger partial charge in [-0.25, -0.2) is 0 Å². The van der Waals surface area contributed by atoms with E-state index in [1.165, 1.54) is 6.42 Å². The van der Waals surface area contributed by atoms with Gasteiger partial charge < -0.3 is 5.11 Å². The average Bonchev–Trinajstić information content (AvgIpc) is 2.14. The van der Waals surface area contributed by atoms with E-state index in [2.05, 4.69) is 20.8 Å². The summed E-state index contributed by atoms with van der Waals surface area (Å²) in [7, 11) is 0. The Bertz CT molecular complexity index is 223. The topological polar surface area (TPSA) is 37.3 Å². The molecule has 1 saturated carbocycles. The van der Waals surface area contributed by atoms with Crippen molar-refractivity contribution >= 4 is 5.97 Å². The van der Waals surface area contributed by atoms with Crippen LogP contribution in [0.1, 0.15) is 59.3 Å². The number of carboxylic acid groups (broad SMARTS) is 1. The third kappa shape index (κ3) is 3.22. The summed E-state index contributed by atoms with van der Waals surface area (Å²) in [6.07, 6.45) is 5.97. The lowest BCUT2D eigenvalue weighted by molar-refractivity contribution is -0.152. The fourth-order valence-electron chi connectivity index (χ4n) is 2.75. The number of carboxylic acids is 1. The molecule has 88 valence electrons. The van der Waals surface area contributed by atoms with Crippen molar-refractivity contribution in [1.82, 2.24) is 0 Å². The molecule has 1 fully saturated rings. The van der Waals surface area contributed by atoms with E-state index in [4.69, 9.17) is 0 Å². The van der Waals surface area contributed by atoms with Crippen molar-refractivity contribution in [2.45, 2.75) is 59.3 Å². The first-order valence-corrected chi connectivity index (χ1v) is 6.20. The number of aliphatic carboxylic acids is 1. The van der Waals surface area contributed by atoms with Crippen LogP contribution in [0, 0.1) is 17.3 Å². The van der Waals surface area contributed by atoms with Gasteiger partial charge in [-0.05, 0) is 37.5 Å². The van der Waals surface area contributed by atoms with Crippen LogP contribution in [0.3, 0.4) is 0 Å². The van der Waals surface area contributed by atoms with E-state index in [0.717, 1.165) is 32.1 Å². The first-order valence-electron chi connectivity index (χ1n) is 6.20. The Kier molecular flexibility index (Phi) is 4.18. The minimum absolute atomic E-state index is 0.401. The molecule has 0 radical (unpaired) electrons.